The first-order valence-corrected chi connectivity index (χ1v) is 9.33. The van der Waals surface area contributed by atoms with Crippen LogP contribution in [0.5, 0.6) is 5.75 Å². The Kier molecular flexibility index (Phi) is 5.34. The summed E-state index contributed by atoms with van der Waals surface area (Å²) in [5.74, 6) is 0.654. The molecule has 0 saturated heterocycles. The molecule has 0 spiro atoms. The lowest BCUT2D eigenvalue weighted by molar-refractivity contribution is 0.471. The molecule has 1 heterocycles. The molecule has 0 unspecified atom stereocenters. The molecule has 0 amide bonds. The highest BCUT2D eigenvalue weighted by Gasteiger charge is 2.10. The van der Waals surface area contributed by atoms with Crippen molar-refractivity contribution in [1.29, 1.82) is 0 Å². The van der Waals surface area contributed by atoms with Crippen molar-refractivity contribution in [2.24, 2.45) is 5.10 Å². The molecular formula is C18H15Br2N3O2. The van der Waals surface area contributed by atoms with E-state index in [0.29, 0.717) is 33.2 Å². The molecule has 3 aromatic rings. The summed E-state index contributed by atoms with van der Waals surface area (Å²) in [6.45, 7) is 2.02. The fourth-order valence-corrected chi connectivity index (χ4v) is 3.74. The van der Waals surface area contributed by atoms with Gasteiger partial charge < -0.3 is 5.11 Å². The van der Waals surface area contributed by atoms with Crippen molar-refractivity contribution >= 4 is 49.0 Å². The molecule has 0 bridgehead atoms. The van der Waals surface area contributed by atoms with Crippen molar-refractivity contribution < 1.29 is 5.11 Å². The molecule has 2 aromatic carbocycles. The van der Waals surface area contributed by atoms with E-state index in [2.05, 4.69) is 41.9 Å². The standard InChI is InChI=1S/C18H15Br2N3O2/c1-2-5-16-22-15-7-4-3-6-13(15)18(25)23(16)21-10-11-8-12(19)9-14(20)17(11)24/h3-4,6-10,24H,2,5H2,1H3/b21-10-. The van der Waals surface area contributed by atoms with Gasteiger partial charge in [-0.3, -0.25) is 4.79 Å². The highest BCUT2D eigenvalue weighted by molar-refractivity contribution is 9.11. The lowest BCUT2D eigenvalue weighted by Gasteiger charge is -2.08. The maximum atomic E-state index is 12.8. The highest BCUT2D eigenvalue weighted by Crippen LogP contribution is 2.30. The number of hydrogen-bond acceptors (Lipinski definition) is 4. The summed E-state index contributed by atoms with van der Waals surface area (Å²) < 4.78 is 2.64. The van der Waals surface area contributed by atoms with Crippen molar-refractivity contribution in [1.82, 2.24) is 9.66 Å². The van der Waals surface area contributed by atoms with Gasteiger partial charge in [0.2, 0.25) is 0 Å². The van der Waals surface area contributed by atoms with Crippen LogP contribution in [0.3, 0.4) is 0 Å². The minimum absolute atomic E-state index is 0.0609. The van der Waals surface area contributed by atoms with Gasteiger partial charge in [-0.15, -0.1) is 0 Å². The SMILES string of the molecule is CCCc1nc2ccccc2c(=O)n1/N=C\c1cc(Br)cc(Br)c1O. The van der Waals surface area contributed by atoms with Gasteiger partial charge in [-0.2, -0.15) is 9.78 Å². The first kappa shape index (κ1) is 17.8. The van der Waals surface area contributed by atoms with Crippen LogP contribution in [-0.2, 0) is 6.42 Å². The molecule has 1 aromatic heterocycles. The Morgan fingerprint density at radius 3 is 2.80 bits per heavy atom. The third kappa shape index (κ3) is 3.67. The zero-order chi connectivity index (χ0) is 18.0. The lowest BCUT2D eigenvalue weighted by atomic mass is 10.2. The van der Waals surface area contributed by atoms with Crippen LogP contribution in [0.4, 0.5) is 0 Å². The minimum atomic E-state index is -0.223. The van der Waals surface area contributed by atoms with Gasteiger partial charge in [0.05, 0.1) is 21.6 Å². The fraction of sp³-hybridized carbons (Fsp3) is 0.167. The van der Waals surface area contributed by atoms with Crippen LogP contribution in [0.15, 0.2) is 55.2 Å². The number of phenolic OH excluding ortho intramolecular Hbond substituents is 1. The number of benzene rings is 2. The predicted molar refractivity (Wildman–Crippen MR) is 106 cm³/mol. The Hall–Kier alpha value is -1.99. The molecule has 0 aliphatic carbocycles. The Labute approximate surface area is 161 Å². The van der Waals surface area contributed by atoms with Gasteiger partial charge in [0, 0.05) is 16.5 Å². The van der Waals surface area contributed by atoms with E-state index >= 15 is 0 Å². The Morgan fingerprint density at radius 1 is 1.28 bits per heavy atom. The third-order valence-electron chi connectivity index (χ3n) is 3.66. The summed E-state index contributed by atoms with van der Waals surface area (Å²) in [4.78, 5) is 17.4. The molecule has 0 radical (unpaired) electrons. The smallest absolute Gasteiger partial charge is 0.282 e. The van der Waals surface area contributed by atoms with Crippen LogP contribution in [-0.4, -0.2) is 21.0 Å². The quantitative estimate of drug-likeness (QED) is 0.579. The maximum absolute atomic E-state index is 12.8. The van der Waals surface area contributed by atoms with E-state index in [1.807, 2.05) is 19.1 Å². The monoisotopic (exact) mass is 463 g/mol. The average molecular weight is 465 g/mol. The zero-order valence-corrected chi connectivity index (χ0v) is 16.6. The number of aromatic nitrogens is 2. The average Bonchev–Trinajstić information content (AvgIpc) is 2.59. The van der Waals surface area contributed by atoms with Crippen molar-refractivity contribution in [2.45, 2.75) is 19.8 Å². The van der Waals surface area contributed by atoms with Crippen LogP contribution in [0.2, 0.25) is 0 Å². The number of aryl methyl sites for hydroxylation is 1. The van der Waals surface area contributed by atoms with Crippen LogP contribution < -0.4 is 5.56 Å². The molecule has 3 rings (SSSR count). The number of hydrogen-bond donors (Lipinski definition) is 1. The number of rotatable bonds is 4. The number of fused-ring (bicyclic) bond motifs is 1. The van der Waals surface area contributed by atoms with Crippen LogP contribution in [0.1, 0.15) is 24.7 Å². The zero-order valence-electron chi connectivity index (χ0n) is 13.4. The molecule has 1 N–H and O–H groups in total. The molecular weight excluding hydrogens is 450 g/mol. The molecule has 25 heavy (non-hydrogen) atoms. The van der Waals surface area contributed by atoms with Crippen molar-refractivity contribution in [3.05, 3.63) is 67.1 Å². The molecule has 128 valence electrons. The first-order chi connectivity index (χ1) is 12.0. The second-order valence-corrected chi connectivity index (χ2v) is 7.25. The second-order valence-electron chi connectivity index (χ2n) is 5.48. The summed E-state index contributed by atoms with van der Waals surface area (Å²) >= 11 is 6.66. The summed E-state index contributed by atoms with van der Waals surface area (Å²) in [6.07, 6.45) is 2.93. The summed E-state index contributed by atoms with van der Waals surface area (Å²) in [5.41, 5.74) is 0.929. The summed E-state index contributed by atoms with van der Waals surface area (Å²) in [6, 6.07) is 10.7. The van der Waals surface area contributed by atoms with Gasteiger partial charge in [0.25, 0.3) is 5.56 Å². The number of aromatic hydroxyl groups is 1. The lowest BCUT2D eigenvalue weighted by Crippen LogP contribution is -2.22. The van der Waals surface area contributed by atoms with Gasteiger partial charge >= 0.3 is 0 Å². The van der Waals surface area contributed by atoms with Crippen LogP contribution in [0, 0.1) is 0 Å². The normalized spacial score (nSPS) is 11.5. The largest absolute Gasteiger partial charge is 0.506 e. The third-order valence-corrected chi connectivity index (χ3v) is 4.73. The molecule has 0 atom stereocenters. The molecule has 5 nitrogen and oxygen atoms in total. The number of halogens is 2. The van der Waals surface area contributed by atoms with E-state index in [0.717, 1.165) is 10.9 Å². The van der Waals surface area contributed by atoms with E-state index in [4.69, 9.17) is 0 Å². The van der Waals surface area contributed by atoms with E-state index in [-0.39, 0.29) is 11.3 Å². The molecule has 0 saturated carbocycles. The number of phenols is 1. The van der Waals surface area contributed by atoms with E-state index < -0.39 is 0 Å². The molecule has 7 heteroatoms. The van der Waals surface area contributed by atoms with E-state index in [1.165, 1.54) is 10.9 Å². The summed E-state index contributed by atoms with van der Waals surface area (Å²) in [7, 11) is 0. The van der Waals surface area contributed by atoms with Gasteiger partial charge in [0.15, 0.2) is 0 Å². The Morgan fingerprint density at radius 2 is 2.04 bits per heavy atom. The number of nitrogens with zero attached hydrogens (tertiary/aromatic N) is 3. The molecule has 0 aliphatic heterocycles. The van der Waals surface area contributed by atoms with Crippen molar-refractivity contribution in [3.8, 4) is 5.75 Å². The van der Waals surface area contributed by atoms with Crippen molar-refractivity contribution in [3.63, 3.8) is 0 Å². The molecule has 0 fully saturated rings. The maximum Gasteiger partial charge on any atom is 0.282 e. The first-order valence-electron chi connectivity index (χ1n) is 7.74. The minimum Gasteiger partial charge on any atom is -0.506 e. The van der Waals surface area contributed by atoms with E-state index in [9.17, 15) is 9.90 Å². The van der Waals surface area contributed by atoms with Crippen LogP contribution in [0.25, 0.3) is 10.9 Å². The van der Waals surface area contributed by atoms with Gasteiger partial charge in [-0.1, -0.05) is 35.0 Å². The van der Waals surface area contributed by atoms with Crippen LogP contribution >= 0.6 is 31.9 Å². The van der Waals surface area contributed by atoms with Gasteiger partial charge in [-0.05, 0) is 46.6 Å². The van der Waals surface area contributed by atoms with Crippen molar-refractivity contribution in [2.75, 3.05) is 0 Å². The second kappa shape index (κ2) is 7.49. The van der Waals surface area contributed by atoms with Gasteiger partial charge in [-0.25, -0.2) is 4.98 Å². The van der Waals surface area contributed by atoms with Gasteiger partial charge in [0.1, 0.15) is 11.6 Å². The highest BCUT2D eigenvalue weighted by atomic mass is 79.9. The Bertz CT molecular complexity index is 1030. The topological polar surface area (TPSA) is 67.5 Å². The Balaban J connectivity index is 2.16. The van der Waals surface area contributed by atoms with E-state index in [1.54, 1.807) is 24.3 Å². The fourth-order valence-electron chi connectivity index (χ4n) is 2.48. The molecule has 0 aliphatic rings. The summed E-state index contributed by atoms with van der Waals surface area (Å²) in [5, 5.41) is 15.0. The number of para-hydroxylation sites is 1. The predicted octanol–water partition coefficient (Wildman–Crippen LogP) is 4.46.